The molecule has 1 aromatic carbocycles. The SMILES string of the molecule is Cc1ccc(C2CCCCN2C(=O)CCCCC(=O)O)cc1. The minimum atomic E-state index is -0.789. The largest absolute Gasteiger partial charge is 0.481 e. The smallest absolute Gasteiger partial charge is 0.303 e. The lowest BCUT2D eigenvalue weighted by Crippen LogP contribution is -2.38. The van der Waals surface area contributed by atoms with E-state index in [0.29, 0.717) is 19.3 Å². The van der Waals surface area contributed by atoms with Crippen LogP contribution in [-0.2, 0) is 9.59 Å². The van der Waals surface area contributed by atoms with Gasteiger partial charge in [-0.15, -0.1) is 0 Å². The average Bonchev–Trinajstić information content (AvgIpc) is 2.52. The Balaban J connectivity index is 1.95. The number of carboxylic acid groups (broad SMARTS) is 1. The van der Waals surface area contributed by atoms with Crippen molar-refractivity contribution < 1.29 is 14.7 Å². The zero-order valence-electron chi connectivity index (χ0n) is 13.3. The summed E-state index contributed by atoms with van der Waals surface area (Å²) in [5.74, 6) is -0.626. The predicted molar refractivity (Wildman–Crippen MR) is 85.6 cm³/mol. The van der Waals surface area contributed by atoms with Crippen molar-refractivity contribution in [1.29, 1.82) is 0 Å². The second-order valence-electron chi connectivity index (χ2n) is 6.11. The fourth-order valence-electron chi connectivity index (χ4n) is 3.06. The fraction of sp³-hybridized carbons (Fsp3) is 0.556. The molecule has 1 N–H and O–H groups in total. The van der Waals surface area contributed by atoms with Crippen molar-refractivity contribution in [1.82, 2.24) is 4.90 Å². The molecular weight excluding hydrogens is 278 g/mol. The molecule has 1 heterocycles. The van der Waals surface area contributed by atoms with Gasteiger partial charge < -0.3 is 10.0 Å². The van der Waals surface area contributed by atoms with Gasteiger partial charge >= 0.3 is 5.97 Å². The second kappa shape index (κ2) is 7.97. The van der Waals surface area contributed by atoms with Gasteiger partial charge in [0, 0.05) is 19.4 Å². The molecule has 0 spiro atoms. The quantitative estimate of drug-likeness (QED) is 0.815. The first-order chi connectivity index (χ1) is 10.6. The van der Waals surface area contributed by atoms with Crippen LogP contribution in [0.5, 0.6) is 0 Å². The Kier molecular flexibility index (Phi) is 5.99. The number of amides is 1. The molecule has 22 heavy (non-hydrogen) atoms. The van der Waals surface area contributed by atoms with Gasteiger partial charge in [0.15, 0.2) is 0 Å². The van der Waals surface area contributed by atoms with Gasteiger partial charge in [0.1, 0.15) is 0 Å². The van der Waals surface area contributed by atoms with Gasteiger partial charge in [-0.05, 0) is 44.6 Å². The summed E-state index contributed by atoms with van der Waals surface area (Å²) in [5, 5.41) is 8.65. The van der Waals surface area contributed by atoms with E-state index in [-0.39, 0.29) is 18.4 Å². The number of nitrogens with zero attached hydrogens (tertiary/aromatic N) is 1. The van der Waals surface area contributed by atoms with Gasteiger partial charge in [0.05, 0.1) is 6.04 Å². The molecule has 1 aliphatic heterocycles. The molecule has 0 radical (unpaired) electrons. The second-order valence-corrected chi connectivity index (χ2v) is 6.11. The Hall–Kier alpha value is -1.84. The van der Waals surface area contributed by atoms with Crippen LogP contribution in [-0.4, -0.2) is 28.4 Å². The highest BCUT2D eigenvalue weighted by atomic mass is 16.4. The Morgan fingerprint density at radius 2 is 1.82 bits per heavy atom. The van der Waals surface area contributed by atoms with Gasteiger partial charge in [-0.3, -0.25) is 9.59 Å². The molecule has 2 rings (SSSR count). The zero-order valence-corrected chi connectivity index (χ0v) is 13.3. The van der Waals surface area contributed by atoms with E-state index in [1.165, 1.54) is 11.1 Å². The topological polar surface area (TPSA) is 57.6 Å². The number of aryl methyl sites for hydroxylation is 1. The molecule has 1 saturated heterocycles. The van der Waals surface area contributed by atoms with Crippen LogP contribution in [0.1, 0.15) is 62.1 Å². The molecule has 1 unspecified atom stereocenters. The molecule has 1 fully saturated rings. The molecule has 120 valence electrons. The third-order valence-corrected chi connectivity index (χ3v) is 4.32. The molecule has 1 aromatic rings. The van der Waals surface area contributed by atoms with Crippen molar-refractivity contribution in [2.24, 2.45) is 0 Å². The summed E-state index contributed by atoms with van der Waals surface area (Å²) in [6.45, 7) is 2.88. The van der Waals surface area contributed by atoms with E-state index in [4.69, 9.17) is 5.11 Å². The number of benzene rings is 1. The molecule has 4 heteroatoms. The Bertz CT molecular complexity index is 510. The lowest BCUT2D eigenvalue weighted by atomic mass is 9.94. The number of aliphatic carboxylic acids is 1. The third-order valence-electron chi connectivity index (χ3n) is 4.32. The lowest BCUT2D eigenvalue weighted by Gasteiger charge is -2.36. The summed E-state index contributed by atoms with van der Waals surface area (Å²) in [6.07, 6.45) is 5.06. The Labute approximate surface area is 132 Å². The standard InChI is InChI=1S/C18H25NO3/c1-14-9-11-15(12-10-14)16-6-4-5-13-19(16)17(20)7-2-3-8-18(21)22/h9-12,16H,2-8,13H2,1H3,(H,21,22). The number of unbranched alkanes of at least 4 members (excludes halogenated alkanes) is 1. The molecule has 1 aliphatic rings. The predicted octanol–water partition coefficient (Wildman–Crippen LogP) is 3.69. The highest BCUT2D eigenvalue weighted by Gasteiger charge is 2.27. The van der Waals surface area contributed by atoms with Crippen LogP contribution in [0.2, 0.25) is 0 Å². The summed E-state index contributed by atoms with van der Waals surface area (Å²) in [4.78, 5) is 25.0. The maximum absolute atomic E-state index is 12.5. The molecule has 0 bridgehead atoms. The molecule has 0 aliphatic carbocycles. The first-order valence-electron chi connectivity index (χ1n) is 8.16. The van der Waals surface area contributed by atoms with E-state index < -0.39 is 5.97 Å². The molecule has 4 nitrogen and oxygen atoms in total. The van der Waals surface area contributed by atoms with Gasteiger partial charge in [-0.1, -0.05) is 29.8 Å². The summed E-state index contributed by atoms with van der Waals surface area (Å²) in [5.41, 5.74) is 2.44. The number of carbonyl (C=O) groups is 2. The molecule has 0 saturated carbocycles. The maximum atomic E-state index is 12.5. The van der Waals surface area contributed by atoms with Crippen LogP contribution in [0.25, 0.3) is 0 Å². The average molecular weight is 303 g/mol. The number of hydrogen-bond donors (Lipinski definition) is 1. The van der Waals surface area contributed by atoms with Crippen LogP contribution in [0.4, 0.5) is 0 Å². The molecule has 1 atom stereocenters. The van der Waals surface area contributed by atoms with E-state index in [0.717, 1.165) is 25.8 Å². The van der Waals surface area contributed by atoms with Crippen molar-refractivity contribution >= 4 is 11.9 Å². The van der Waals surface area contributed by atoms with Crippen LogP contribution in [0, 0.1) is 6.92 Å². The fourth-order valence-corrected chi connectivity index (χ4v) is 3.06. The van der Waals surface area contributed by atoms with E-state index >= 15 is 0 Å². The Morgan fingerprint density at radius 1 is 1.14 bits per heavy atom. The third kappa shape index (κ3) is 4.58. The van der Waals surface area contributed by atoms with Crippen molar-refractivity contribution in [3.05, 3.63) is 35.4 Å². The number of hydrogen-bond acceptors (Lipinski definition) is 2. The van der Waals surface area contributed by atoms with Crippen molar-refractivity contribution in [2.45, 2.75) is 57.9 Å². The number of rotatable bonds is 6. The van der Waals surface area contributed by atoms with Gasteiger partial charge in [0.25, 0.3) is 0 Å². The minimum Gasteiger partial charge on any atom is -0.481 e. The molecule has 1 amide bonds. The molecule has 0 aromatic heterocycles. The van der Waals surface area contributed by atoms with E-state index in [1.54, 1.807) is 0 Å². The van der Waals surface area contributed by atoms with Crippen LogP contribution in [0.3, 0.4) is 0 Å². The van der Waals surface area contributed by atoms with Crippen LogP contribution >= 0.6 is 0 Å². The number of carbonyl (C=O) groups excluding carboxylic acids is 1. The van der Waals surface area contributed by atoms with Gasteiger partial charge in [0.2, 0.25) is 5.91 Å². The van der Waals surface area contributed by atoms with Crippen LogP contribution < -0.4 is 0 Å². The van der Waals surface area contributed by atoms with Crippen molar-refractivity contribution in [3.63, 3.8) is 0 Å². The van der Waals surface area contributed by atoms with Crippen molar-refractivity contribution in [2.75, 3.05) is 6.54 Å². The van der Waals surface area contributed by atoms with E-state index in [2.05, 4.69) is 31.2 Å². The first-order valence-corrected chi connectivity index (χ1v) is 8.16. The highest BCUT2D eigenvalue weighted by molar-refractivity contribution is 5.77. The Morgan fingerprint density at radius 3 is 2.50 bits per heavy atom. The normalized spacial score (nSPS) is 18.2. The van der Waals surface area contributed by atoms with Crippen molar-refractivity contribution in [3.8, 4) is 0 Å². The highest BCUT2D eigenvalue weighted by Crippen LogP contribution is 2.31. The summed E-state index contributed by atoms with van der Waals surface area (Å²) in [6, 6.07) is 8.62. The van der Waals surface area contributed by atoms with Gasteiger partial charge in [-0.2, -0.15) is 0 Å². The summed E-state index contributed by atoms with van der Waals surface area (Å²) >= 11 is 0. The number of carboxylic acids is 1. The van der Waals surface area contributed by atoms with Crippen LogP contribution in [0.15, 0.2) is 24.3 Å². The molecular formula is C18H25NO3. The first kappa shape index (κ1) is 16.5. The number of likely N-dealkylation sites (tertiary alicyclic amines) is 1. The lowest BCUT2D eigenvalue weighted by molar-refractivity contribution is -0.138. The zero-order chi connectivity index (χ0) is 15.9. The number of piperidine rings is 1. The van der Waals surface area contributed by atoms with Gasteiger partial charge in [-0.25, -0.2) is 0 Å². The van der Waals surface area contributed by atoms with E-state index in [9.17, 15) is 9.59 Å². The van der Waals surface area contributed by atoms with E-state index in [1.807, 2.05) is 4.90 Å². The maximum Gasteiger partial charge on any atom is 0.303 e. The summed E-state index contributed by atoms with van der Waals surface area (Å²) < 4.78 is 0. The minimum absolute atomic E-state index is 0.147. The summed E-state index contributed by atoms with van der Waals surface area (Å²) in [7, 11) is 0. The monoisotopic (exact) mass is 303 g/mol.